The first-order chi connectivity index (χ1) is 7.00. The molecule has 1 N–H and O–H groups in total. The van der Waals surface area contributed by atoms with Gasteiger partial charge in [-0.3, -0.25) is 0 Å². The zero-order chi connectivity index (χ0) is 11.4. The first kappa shape index (κ1) is 12.7. The molecule has 0 bridgehead atoms. The molecule has 84 valence electrons. The highest BCUT2D eigenvalue weighted by molar-refractivity contribution is 9.10. The van der Waals surface area contributed by atoms with E-state index in [0.29, 0.717) is 24.1 Å². The van der Waals surface area contributed by atoms with E-state index in [1.54, 1.807) is 6.07 Å². The molecule has 0 spiro atoms. The van der Waals surface area contributed by atoms with E-state index in [1.165, 1.54) is 6.07 Å². The van der Waals surface area contributed by atoms with Crippen molar-refractivity contribution < 1.29 is 4.39 Å². The number of hydrogen-bond acceptors (Lipinski definition) is 1. The summed E-state index contributed by atoms with van der Waals surface area (Å²) in [5.41, 5.74) is 0.705. The number of hydrogen-bond donors (Lipinski definition) is 1. The van der Waals surface area contributed by atoms with Gasteiger partial charge in [-0.1, -0.05) is 29.8 Å². The molecule has 0 aliphatic heterocycles. The summed E-state index contributed by atoms with van der Waals surface area (Å²) in [6.45, 7) is 6.98. The molecule has 0 radical (unpaired) electrons. The van der Waals surface area contributed by atoms with Crippen molar-refractivity contribution >= 4 is 15.9 Å². The van der Waals surface area contributed by atoms with E-state index in [0.717, 1.165) is 4.47 Å². The highest BCUT2D eigenvalue weighted by Gasteiger charge is 2.08. The lowest BCUT2D eigenvalue weighted by atomic mass is 10.1. The standard InChI is InChI=1S/C12H17BrFN/c1-8(2)9(3)15-7-10-6-11(13)4-5-12(10)14/h4-6,8-9,15H,7H2,1-3H3. The van der Waals surface area contributed by atoms with E-state index in [4.69, 9.17) is 0 Å². The Bertz CT molecular complexity index is 325. The summed E-state index contributed by atoms with van der Waals surface area (Å²) in [6, 6.07) is 5.41. The van der Waals surface area contributed by atoms with Gasteiger partial charge in [0.15, 0.2) is 0 Å². The van der Waals surface area contributed by atoms with Crippen LogP contribution in [0.4, 0.5) is 4.39 Å². The van der Waals surface area contributed by atoms with Gasteiger partial charge in [0.1, 0.15) is 5.82 Å². The summed E-state index contributed by atoms with van der Waals surface area (Å²) in [7, 11) is 0. The Morgan fingerprint density at radius 3 is 2.60 bits per heavy atom. The molecule has 0 aliphatic rings. The normalized spacial score (nSPS) is 13.2. The zero-order valence-corrected chi connectivity index (χ0v) is 10.9. The maximum Gasteiger partial charge on any atom is 0.127 e. The lowest BCUT2D eigenvalue weighted by Gasteiger charge is -2.17. The minimum atomic E-state index is -0.151. The van der Waals surface area contributed by atoms with Crippen molar-refractivity contribution in [3.8, 4) is 0 Å². The summed E-state index contributed by atoms with van der Waals surface area (Å²) in [4.78, 5) is 0. The smallest absolute Gasteiger partial charge is 0.127 e. The average molecular weight is 274 g/mol. The van der Waals surface area contributed by atoms with Crippen molar-refractivity contribution in [1.82, 2.24) is 5.32 Å². The molecule has 3 heteroatoms. The fraction of sp³-hybridized carbons (Fsp3) is 0.500. The molecule has 1 nitrogen and oxygen atoms in total. The van der Waals surface area contributed by atoms with Gasteiger partial charge in [-0.2, -0.15) is 0 Å². The van der Waals surface area contributed by atoms with Crippen LogP contribution in [0.2, 0.25) is 0 Å². The van der Waals surface area contributed by atoms with Crippen molar-refractivity contribution in [2.75, 3.05) is 0 Å². The van der Waals surface area contributed by atoms with Crippen LogP contribution in [0.15, 0.2) is 22.7 Å². The molecule has 0 saturated heterocycles. The first-order valence-corrected chi connectivity index (χ1v) is 5.97. The third-order valence-electron chi connectivity index (χ3n) is 2.62. The molecule has 0 saturated carbocycles. The minimum Gasteiger partial charge on any atom is -0.310 e. The monoisotopic (exact) mass is 273 g/mol. The molecule has 1 atom stereocenters. The number of halogens is 2. The molecular weight excluding hydrogens is 257 g/mol. The van der Waals surface area contributed by atoms with Crippen molar-refractivity contribution in [3.05, 3.63) is 34.1 Å². The fourth-order valence-corrected chi connectivity index (χ4v) is 1.59. The highest BCUT2D eigenvalue weighted by Crippen LogP contribution is 2.15. The molecule has 0 aliphatic carbocycles. The highest BCUT2D eigenvalue weighted by atomic mass is 79.9. The second-order valence-corrected chi connectivity index (χ2v) is 5.06. The van der Waals surface area contributed by atoms with Gasteiger partial charge in [-0.15, -0.1) is 0 Å². The Hall–Kier alpha value is -0.410. The van der Waals surface area contributed by atoms with Crippen LogP contribution in [0.1, 0.15) is 26.3 Å². The molecule has 1 aromatic carbocycles. The first-order valence-electron chi connectivity index (χ1n) is 5.18. The molecule has 15 heavy (non-hydrogen) atoms. The van der Waals surface area contributed by atoms with Crippen molar-refractivity contribution in [2.45, 2.75) is 33.4 Å². The molecule has 0 aromatic heterocycles. The fourth-order valence-electron chi connectivity index (χ4n) is 1.19. The molecule has 0 fully saturated rings. The van der Waals surface area contributed by atoms with Crippen LogP contribution < -0.4 is 5.32 Å². The van der Waals surface area contributed by atoms with E-state index in [9.17, 15) is 4.39 Å². The predicted octanol–water partition coefficient (Wildman–Crippen LogP) is 3.72. The number of nitrogens with one attached hydrogen (secondary N) is 1. The third kappa shape index (κ3) is 3.92. The SMILES string of the molecule is CC(C)C(C)NCc1cc(Br)ccc1F. The van der Waals surface area contributed by atoms with Gasteiger partial charge in [0.05, 0.1) is 0 Å². The number of benzene rings is 1. The summed E-state index contributed by atoms with van der Waals surface area (Å²) in [6.07, 6.45) is 0. The van der Waals surface area contributed by atoms with Gasteiger partial charge in [-0.25, -0.2) is 4.39 Å². The van der Waals surface area contributed by atoms with Gasteiger partial charge >= 0.3 is 0 Å². The van der Waals surface area contributed by atoms with Crippen LogP contribution in [0.5, 0.6) is 0 Å². The lowest BCUT2D eigenvalue weighted by molar-refractivity contribution is 0.421. The zero-order valence-electron chi connectivity index (χ0n) is 9.35. The Labute approximate surface area is 99.2 Å². The van der Waals surface area contributed by atoms with Crippen LogP contribution in [-0.4, -0.2) is 6.04 Å². The van der Waals surface area contributed by atoms with Crippen LogP contribution in [0.3, 0.4) is 0 Å². The van der Waals surface area contributed by atoms with Gasteiger partial charge in [0.2, 0.25) is 0 Å². The van der Waals surface area contributed by atoms with Gasteiger partial charge < -0.3 is 5.32 Å². The van der Waals surface area contributed by atoms with E-state index in [-0.39, 0.29) is 5.82 Å². The summed E-state index contributed by atoms with van der Waals surface area (Å²) >= 11 is 3.34. The van der Waals surface area contributed by atoms with Gasteiger partial charge in [-0.05, 0) is 31.0 Å². The van der Waals surface area contributed by atoms with Crippen LogP contribution in [0, 0.1) is 11.7 Å². The molecule has 0 heterocycles. The minimum absolute atomic E-state index is 0.151. The second kappa shape index (κ2) is 5.61. The largest absolute Gasteiger partial charge is 0.310 e. The summed E-state index contributed by atoms with van der Waals surface area (Å²) < 4.78 is 14.3. The van der Waals surface area contributed by atoms with Crippen molar-refractivity contribution in [1.29, 1.82) is 0 Å². The van der Waals surface area contributed by atoms with Crippen LogP contribution >= 0.6 is 15.9 Å². The van der Waals surface area contributed by atoms with E-state index >= 15 is 0 Å². The molecule has 0 amide bonds. The quantitative estimate of drug-likeness (QED) is 0.882. The van der Waals surface area contributed by atoms with Crippen LogP contribution in [0.25, 0.3) is 0 Å². The maximum atomic E-state index is 13.4. The Morgan fingerprint density at radius 1 is 1.33 bits per heavy atom. The molecular formula is C12H17BrFN. The predicted molar refractivity (Wildman–Crippen MR) is 65.2 cm³/mol. The third-order valence-corrected chi connectivity index (χ3v) is 3.12. The van der Waals surface area contributed by atoms with Crippen LogP contribution in [-0.2, 0) is 6.54 Å². The maximum absolute atomic E-state index is 13.4. The Morgan fingerprint density at radius 2 is 2.00 bits per heavy atom. The van der Waals surface area contributed by atoms with E-state index in [1.807, 2.05) is 6.07 Å². The van der Waals surface area contributed by atoms with Gasteiger partial charge in [0, 0.05) is 22.6 Å². The van der Waals surface area contributed by atoms with E-state index < -0.39 is 0 Å². The topological polar surface area (TPSA) is 12.0 Å². The van der Waals surface area contributed by atoms with Crippen molar-refractivity contribution in [2.24, 2.45) is 5.92 Å². The van der Waals surface area contributed by atoms with Crippen molar-refractivity contribution in [3.63, 3.8) is 0 Å². The summed E-state index contributed by atoms with van der Waals surface area (Å²) in [5.74, 6) is 0.405. The average Bonchev–Trinajstić information content (AvgIpc) is 2.18. The lowest BCUT2D eigenvalue weighted by Crippen LogP contribution is -2.30. The molecule has 1 aromatic rings. The van der Waals surface area contributed by atoms with Gasteiger partial charge in [0.25, 0.3) is 0 Å². The molecule has 1 rings (SSSR count). The Kier molecular flexibility index (Phi) is 4.74. The Balaban J connectivity index is 2.61. The second-order valence-electron chi connectivity index (χ2n) is 4.15. The van der Waals surface area contributed by atoms with E-state index in [2.05, 4.69) is 42.0 Å². The number of rotatable bonds is 4. The molecule has 1 unspecified atom stereocenters. The summed E-state index contributed by atoms with van der Waals surface area (Å²) in [5, 5.41) is 3.31.